The molecule has 1 aliphatic heterocycles. The SMILES string of the molecule is Cc1cccc(N(C)C(=O)C2CC(C(=O)O)=NO2)c1. The van der Waals surface area contributed by atoms with Gasteiger partial charge in [-0.2, -0.15) is 0 Å². The van der Waals surface area contributed by atoms with Crippen LogP contribution in [0, 0.1) is 6.92 Å². The lowest BCUT2D eigenvalue weighted by Gasteiger charge is -2.20. The minimum Gasteiger partial charge on any atom is -0.477 e. The molecule has 100 valence electrons. The first-order valence-corrected chi connectivity index (χ1v) is 5.79. The Kier molecular flexibility index (Phi) is 3.50. The van der Waals surface area contributed by atoms with Crippen LogP contribution in [0.5, 0.6) is 0 Å². The number of carbonyl (C=O) groups excluding carboxylic acids is 1. The zero-order valence-corrected chi connectivity index (χ0v) is 10.7. The third kappa shape index (κ3) is 2.73. The number of aliphatic carboxylic acids is 1. The number of nitrogens with zero attached hydrogens (tertiary/aromatic N) is 2. The second kappa shape index (κ2) is 5.09. The van der Waals surface area contributed by atoms with Crippen LogP contribution in [0.1, 0.15) is 12.0 Å². The maximum atomic E-state index is 12.2. The molecule has 6 nitrogen and oxygen atoms in total. The summed E-state index contributed by atoms with van der Waals surface area (Å²) in [6.45, 7) is 1.93. The molecule has 1 heterocycles. The minimum absolute atomic E-state index is 0.00960. The van der Waals surface area contributed by atoms with Gasteiger partial charge in [0, 0.05) is 19.2 Å². The molecule has 1 atom stereocenters. The van der Waals surface area contributed by atoms with Crippen molar-refractivity contribution < 1.29 is 19.5 Å². The van der Waals surface area contributed by atoms with Crippen molar-refractivity contribution >= 4 is 23.3 Å². The standard InChI is InChI=1S/C13H14N2O4/c1-8-4-3-5-9(6-8)15(2)12(16)11-7-10(13(17)18)14-19-11/h3-6,11H,7H2,1-2H3,(H,17,18). The van der Waals surface area contributed by atoms with E-state index in [0.717, 1.165) is 11.3 Å². The molecule has 6 heteroatoms. The lowest BCUT2D eigenvalue weighted by molar-refractivity contribution is -0.129. The number of aryl methyl sites for hydroxylation is 1. The summed E-state index contributed by atoms with van der Waals surface area (Å²) in [7, 11) is 1.62. The lowest BCUT2D eigenvalue weighted by Crippen LogP contribution is -2.37. The van der Waals surface area contributed by atoms with E-state index in [1.165, 1.54) is 4.90 Å². The molecule has 1 aliphatic rings. The molecule has 0 saturated heterocycles. The molecule has 0 bridgehead atoms. The summed E-state index contributed by atoms with van der Waals surface area (Å²) in [6, 6.07) is 7.45. The van der Waals surface area contributed by atoms with E-state index in [4.69, 9.17) is 9.94 Å². The van der Waals surface area contributed by atoms with Crippen molar-refractivity contribution in [1.82, 2.24) is 0 Å². The Morgan fingerprint density at radius 1 is 1.47 bits per heavy atom. The van der Waals surface area contributed by atoms with Gasteiger partial charge in [-0.15, -0.1) is 0 Å². The van der Waals surface area contributed by atoms with Gasteiger partial charge in [-0.05, 0) is 24.6 Å². The normalized spacial score (nSPS) is 17.6. The average Bonchev–Trinajstić information content (AvgIpc) is 2.86. The van der Waals surface area contributed by atoms with E-state index in [1.54, 1.807) is 13.1 Å². The first-order chi connectivity index (χ1) is 8.99. The molecular formula is C13H14N2O4. The molecule has 2 rings (SSSR count). The van der Waals surface area contributed by atoms with E-state index >= 15 is 0 Å². The molecule has 1 aromatic carbocycles. The quantitative estimate of drug-likeness (QED) is 0.887. The molecule has 0 radical (unpaired) electrons. The summed E-state index contributed by atoms with van der Waals surface area (Å²) in [6.07, 6.45) is -0.874. The molecular weight excluding hydrogens is 248 g/mol. The second-order valence-electron chi connectivity index (χ2n) is 4.38. The number of amides is 1. The molecule has 0 fully saturated rings. The molecule has 0 aromatic heterocycles. The summed E-state index contributed by atoms with van der Waals surface area (Å²) in [5.41, 5.74) is 1.64. The highest BCUT2D eigenvalue weighted by Gasteiger charge is 2.33. The van der Waals surface area contributed by atoms with Gasteiger partial charge in [-0.25, -0.2) is 4.79 Å². The number of hydrogen-bond acceptors (Lipinski definition) is 4. The van der Waals surface area contributed by atoms with Gasteiger partial charge in [0.05, 0.1) is 0 Å². The molecule has 1 amide bonds. The van der Waals surface area contributed by atoms with Crippen LogP contribution in [0.4, 0.5) is 5.69 Å². The maximum absolute atomic E-state index is 12.2. The summed E-state index contributed by atoms with van der Waals surface area (Å²) >= 11 is 0. The Labute approximate surface area is 110 Å². The molecule has 1 unspecified atom stereocenters. The topological polar surface area (TPSA) is 79.2 Å². The van der Waals surface area contributed by atoms with E-state index in [2.05, 4.69) is 5.16 Å². The Balaban J connectivity index is 2.07. The number of likely N-dealkylation sites (N-methyl/N-ethyl adjacent to an activating group) is 1. The summed E-state index contributed by atoms with van der Waals surface area (Å²) in [5, 5.41) is 12.2. The van der Waals surface area contributed by atoms with Gasteiger partial charge < -0.3 is 14.8 Å². The van der Waals surface area contributed by atoms with Gasteiger partial charge in [0.1, 0.15) is 0 Å². The largest absolute Gasteiger partial charge is 0.477 e. The number of carboxylic acids is 1. The highest BCUT2D eigenvalue weighted by atomic mass is 16.6. The third-order valence-electron chi connectivity index (χ3n) is 2.91. The predicted molar refractivity (Wildman–Crippen MR) is 69.1 cm³/mol. The van der Waals surface area contributed by atoms with Gasteiger partial charge in [-0.3, -0.25) is 4.79 Å². The van der Waals surface area contributed by atoms with Crippen molar-refractivity contribution in [1.29, 1.82) is 0 Å². The van der Waals surface area contributed by atoms with Crippen LogP contribution >= 0.6 is 0 Å². The van der Waals surface area contributed by atoms with Crippen LogP contribution in [0.25, 0.3) is 0 Å². The van der Waals surface area contributed by atoms with Crippen molar-refractivity contribution in [3.63, 3.8) is 0 Å². The van der Waals surface area contributed by atoms with Gasteiger partial charge in [0.15, 0.2) is 5.71 Å². The third-order valence-corrected chi connectivity index (χ3v) is 2.91. The van der Waals surface area contributed by atoms with Crippen LogP contribution in [0.2, 0.25) is 0 Å². The van der Waals surface area contributed by atoms with E-state index in [9.17, 15) is 9.59 Å². The van der Waals surface area contributed by atoms with Crippen molar-refractivity contribution in [3.8, 4) is 0 Å². The minimum atomic E-state index is -1.16. The average molecular weight is 262 g/mol. The maximum Gasteiger partial charge on any atom is 0.353 e. The van der Waals surface area contributed by atoms with Crippen LogP contribution < -0.4 is 4.90 Å². The van der Waals surface area contributed by atoms with E-state index in [1.807, 2.05) is 25.1 Å². The van der Waals surface area contributed by atoms with Crippen molar-refractivity contribution in [2.24, 2.45) is 5.16 Å². The van der Waals surface area contributed by atoms with E-state index in [0.29, 0.717) is 0 Å². The molecule has 0 saturated carbocycles. The fraction of sp³-hybridized carbons (Fsp3) is 0.308. The number of carbonyl (C=O) groups is 2. The molecule has 1 N–H and O–H groups in total. The van der Waals surface area contributed by atoms with Crippen molar-refractivity contribution in [2.45, 2.75) is 19.4 Å². The fourth-order valence-corrected chi connectivity index (χ4v) is 1.82. The summed E-state index contributed by atoms with van der Waals surface area (Å²) in [4.78, 5) is 29.2. The van der Waals surface area contributed by atoms with Crippen LogP contribution in [-0.4, -0.2) is 35.8 Å². The monoisotopic (exact) mass is 262 g/mol. The van der Waals surface area contributed by atoms with Crippen LogP contribution in [0.3, 0.4) is 0 Å². The van der Waals surface area contributed by atoms with Gasteiger partial charge in [0.25, 0.3) is 5.91 Å². The number of benzene rings is 1. The van der Waals surface area contributed by atoms with Gasteiger partial charge in [0.2, 0.25) is 6.10 Å². The number of carboxylic acid groups (broad SMARTS) is 1. The fourth-order valence-electron chi connectivity index (χ4n) is 1.82. The van der Waals surface area contributed by atoms with Crippen LogP contribution in [-0.2, 0) is 14.4 Å². The number of anilines is 1. The summed E-state index contributed by atoms with van der Waals surface area (Å²) in [5.74, 6) is -1.47. The highest BCUT2D eigenvalue weighted by molar-refractivity contribution is 6.36. The first kappa shape index (κ1) is 13.1. The molecule has 19 heavy (non-hydrogen) atoms. The Morgan fingerprint density at radius 3 is 2.79 bits per heavy atom. The molecule has 0 aliphatic carbocycles. The van der Waals surface area contributed by atoms with E-state index < -0.39 is 12.1 Å². The second-order valence-corrected chi connectivity index (χ2v) is 4.38. The Hall–Kier alpha value is -2.37. The highest BCUT2D eigenvalue weighted by Crippen LogP contribution is 2.19. The predicted octanol–water partition coefficient (Wildman–Crippen LogP) is 1.19. The number of hydrogen-bond donors (Lipinski definition) is 1. The zero-order valence-electron chi connectivity index (χ0n) is 10.7. The first-order valence-electron chi connectivity index (χ1n) is 5.79. The summed E-state index contributed by atoms with van der Waals surface area (Å²) < 4.78 is 0. The zero-order chi connectivity index (χ0) is 14.0. The van der Waals surface area contributed by atoms with Crippen LogP contribution in [0.15, 0.2) is 29.4 Å². The number of oxime groups is 1. The molecule has 1 aromatic rings. The lowest BCUT2D eigenvalue weighted by atomic mass is 10.1. The van der Waals surface area contributed by atoms with E-state index in [-0.39, 0.29) is 18.0 Å². The van der Waals surface area contributed by atoms with Crippen molar-refractivity contribution in [3.05, 3.63) is 29.8 Å². The Morgan fingerprint density at radius 2 is 2.21 bits per heavy atom. The number of rotatable bonds is 3. The smallest absolute Gasteiger partial charge is 0.353 e. The van der Waals surface area contributed by atoms with Gasteiger partial charge >= 0.3 is 5.97 Å². The van der Waals surface area contributed by atoms with Gasteiger partial charge in [-0.1, -0.05) is 17.3 Å². The Bertz CT molecular complexity index is 553. The molecule has 0 spiro atoms. The van der Waals surface area contributed by atoms with Crippen molar-refractivity contribution in [2.75, 3.05) is 11.9 Å².